The lowest BCUT2D eigenvalue weighted by atomic mass is 10.1. The lowest BCUT2D eigenvalue weighted by molar-refractivity contribution is -0.131. The van der Waals surface area contributed by atoms with E-state index in [-0.39, 0.29) is 30.7 Å². The number of benzene rings is 1. The van der Waals surface area contributed by atoms with Gasteiger partial charge in [-0.3, -0.25) is 4.79 Å². The van der Waals surface area contributed by atoms with E-state index in [0.29, 0.717) is 12.4 Å². The van der Waals surface area contributed by atoms with E-state index in [4.69, 9.17) is 10.2 Å². The third-order valence-corrected chi connectivity index (χ3v) is 4.53. The molecule has 0 unspecified atom stereocenters. The van der Waals surface area contributed by atoms with Crippen LogP contribution in [-0.4, -0.2) is 48.5 Å². The molecular weight excluding hydrogens is 375 g/mol. The number of anilines is 1. The van der Waals surface area contributed by atoms with Crippen LogP contribution >= 0.6 is 24.8 Å². The molecule has 1 aliphatic rings. The molecule has 3 rings (SSSR count). The Morgan fingerprint density at radius 3 is 2.42 bits per heavy atom. The van der Waals surface area contributed by atoms with Crippen LogP contribution in [0, 0.1) is 0 Å². The highest BCUT2D eigenvalue weighted by Crippen LogP contribution is 2.22. The van der Waals surface area contributed by atoms with Crippen LogP contribution in [0.15, 0.2) is 28.7 Å². The number of unbranched alkanes of at least 4 members (excludes halogenated alkanes) is 3. The van der Waals surface area contributed by atoms with Crippen molar-refractivity contribution in [2.75, 3.05) is 37.6 Å². The zero-order valence-corrected chi connectivity index (χ0v) is 16.6. The van der Waals surface area contributed by atoms with Gasteiger partial charge < -0.3 is 20.0 Å². The minimum Gasteiger partial charge on any atom is -0.423 e. The number of halogens is 2. The predicted octanol–water partition coefficient (Wildman–Crippen LogP) is 3.23. The van der Waals surface area contributed by atoms with Crippen LogP contribution in [-0.2, 0) is 4.79 Å². The third-order valence-electron chi connectivity index (χ3n) is 4.53. The van der Waals surface area contributed by atoms with Crippen molar-refractivity contribution in [3.63, 3.8) is 0 Å². The third kappa shape index (κ3) is 5.76. The van der Waals surface area contributed by atoms with Gasteiger partial charge in [0.25, 0.3) is 6.01 Å². The number of hydrogen-bond acceptors (Lipinski definition) is 5. The number of piperazine rings is 1. The largest absolute Gasteiger partial charge is 0.423 e. The fraction of sp³-hybridized carbons (Fsp3) is 0.556. The highest BCUT2D eigenvalue weighted by molar-refractivity contribution is 5.85. The van der Waals surface area contributed by atoms with E-state index in [0.717, 1.165) is 69.5 Å². The van der Waals surface area contributed by atoms with Gasteiger partial charge in [0.05, 0.1) is 0 Å². The topological polar surface area (TPSA) is 75.6 Å². The Labute approximate surface area is 166 Å². The number of carbonyl (C=O) groups is 1. The van der Waals surface area contributed by atoms with Crippen LogP contribution in [0.25, 0.3) is 11.1 Å². The fourth-order valence-electron chi connectivity index (χ4n) is 3.07. The highest BCUT2D eigenvalue weighted by atomic mass is 35.5. The average molecular weight is 403 g/mol. The van der Waals surface area contributed by atoms with Gasteiger partial charge in [0.2, 0.25) is 5.91 Å². The van der Waals surface area contributed by atoms with Crippen molar-refractivity contribution in [2.45, 2.75) is 32.1 Å². The molecule has 146 valence electrons. The van der Waals surface area contributed by atoms with Crippen molar-refractivity contribution in [3.8, 4) is 0 Å². The van der Waals surface area contributed by atoms with E-state index in [2.05, 4.69) is 9.88 Å². The molecule has 1 amide bonds. The first-order chi connectivity index (χ1) is 11.8. The quantitative estimate of drug-likeness (QED) is 0.719. The molecule has 1 fully saturated rings. The van der Waals surface area contributed by atoms with E-state index in [1.807, 2.05) is 29.2 Å². The molecule has 0 spiro atoms. The zero-order chi connectivity index (χ0) is 16.8. The molecule has 1 saturated heterocycles. The van der Waals surface area contributed by atoms with Crippen molar-refractivity contribution in [3.05, 3.63) is 24.3 Å². The number of hydrogen-bond donors (Lipinski definition) is 1. The van der Waals surface area contributed by atoms with Crippen molar-refractivity contribution in [1.29, 1.82) is 0 Å². The van der Waals surface area contributed by atoms with Crippen molar-refractivity contribution >= 4 is 47.8 Å². The standard InChI is InChI=1S/C18H26N4O2.2ClH/c19-10-6-2-1-3-9-17(23)21-11-13-22(14-12-21)18-20-15-7-4-5-8-16(15)24-18;;/h4-5,7-8H,1-3,6,9-14,19H2;2*1H. The van der Waals surface area contributed by atoms with Crippen LogP contribution in [0.2, 0.25) is 0 Å². The maximum Gasteiger partial charge on any atom is 0.298 e. The van der Waals surface area contributed by atoms with Gasteiger partial charge in [-0.25, -0.2) is 0 Å². The zero-order valence-electron chi connectivity index (χ0n) is 14.9. The summed E-state index contributed by atoms with van der Waals surface area (Å²) in [6.45, 7) is 3.75. The summed E-state index contributed by atoms with van der Waals surface area (Å²) in [6.07, 6.45) is 4.87. The van der Waals surface area contributed by atoms with E-state index < -0.39 is 0 Å². The van der Waals surface area contributed by atoms with E-state index in [1.165, 1.54) is 0 Å². The van der Waals surface area contributed by atoms with E-state index >= 15 is 0 Å². The average Bonchev–Trinajstić information content (AvgIpc) is 3.05. The normalized spacial score (nSPS) is 14.0. The molecule has 0 saturated carbocycles. The predicted molar refractivity (Wildman–Crippen MR) is 109 cm³/mol. The summed E-state index contributed by atoms with van der Waals surface area (Å²) < 4.78 is 5.81. The maximum absolute atomic E-state index is 12.3. The maximum atomic E-state index is 12.3. The first-order valence-electron chi connectivity index (χ1n) is 8.86. The molecule has 8 heteroatoms. The SMILES string of the molecule is Cl.Cl.NCCCCCCC(=O)N1CCN(c2nc3ccccc3o2)CC1. The molecule has 0 radical (unpaired) electrons. The van der Waals surface area contributed by atoms with Crippen molar-refractivity contribution in [1.82, 2.24) is 9.88 Å². The molecule has 0 bridgehead atoms. The van der Waals surface area contributed by atoms with Gasteiger partial charge in [0.1, 0.15) is 5.52 Å². The molecule has 1 aromatic carbocycles. The van der Waals surface area contributed by atoms with Crippen LogP contribution in [0.5, 0.6) is 0 Å². The highest BCUT2D eigenvalue weighted by Gasteiger charge is 2.23. The number of nitrogens with two attached hydrogens (primary N) is 1. The van der Waals surface area contributed by atoms with Gasteiger partial charge in [-0.1, -0.05) is 25.0 Å². The minimum atomic E-state index is 0. The molecule has 1 aliphatic heterocycles. The fourth-order valence-corrected chi connectivity index (χ4v) is 3.07. The number of fused-ring (bicyclic) bond motifs is 1. The molecule has 2 N–H and O–H groups in total. The van der Waals surface area contributed by atoms with Crippen LogP contribution in [0.1, 0.15) is 32.1 Å². The second-order valence-electron chi connectivity index (χ2n) is 6.28. The number of nitrogens with zero attached hydrogens (tertiary/aromatic N) is 3. The number of amides is 1. The monoisotopic (exact) mass is 402 g/mol. The Bertz CT molecular complexity index is 639. The summed E-state index contributed by atoms with van der Waals surface area (Å²) in [5.74, 6) is 0.264. The minimum absolute atomic E-state index is 0. The van der Waals surface area contributed by atoms with Gasteiger partial charge in [-0.05, 0) is 31.5 Å². The van der Waals surface area contributed by atoms with Gasteiger partial charge in [0.15, 0.2) is 5.58 Å². The number of oxazole rings is 1. The van der Waals surface area contributed by atoms with Crippen LogP contribution < -0.4 is 10.6 Å². The number of carbonyl (C=O) groups excluding carboxylic acids is 1. The Hall–Kier alpha value is -1.50. The second-order valence-corrected chi connectivity index (χ2v) is 6.28. The lowest BCUT2D eigenvalue weighted by Gasteiger charge is -2.33. The summed E-state index contributed by atoms with van der Waals surface area (Å²) >= 11 is 0. The number of aromatic nitrogens is 1. The lowest BCUT2D eigenvalue weighted by Crippen LogP contribution is -2.48. The van der Waals surface area contributed by atoms with Gasteiger partial charge in [0, 0.05) is 32.6 Å². The van der Waals surface area contributed by atoms with E-state index in [9.17, 15) is 4.79 Å². The first kappa shape index (κ1) is 22.5. The second kappa shape index (κ2) is 11.3. The Kier molecular flexibility index (Phi) is 9.76. The molecule has 2 aromatic rings. The Balaban J connectivity index is 0.00000169. The summed E-state index contributed by atoms with van der Waals surface area (Å²) in [5.41, 5.74) is 7.17. The summed E-state index contributed by atoms with van der Waals surface area (Å²) in [6, 6.07) is 8.44. The van der Waals surface area contributed by atoms with Crippen LogP contribution in [0.3, 0.4) is 0 Å². The van der Waals surface area contributed by atoms with E-state index in [1.54, 1.807) is 0 Å². The molecule has 1 aromatic heterocycles. The van der Waals surface area contributed by atoms with Crippen molar-refractivity contribution < 1.29 is 9.21 Å². The molecule has 0 aliphatic carbocycles. The number of para-hydroxylation sites is 2. The molecule has 6 nitrogen and oxygen atoms in total. The Morgan fingerprint density at radius 1 is 1.04 bits per heavy atom. The Morgan fingerprint density at radius 2 is 1.73 bits per heavy atom. The summed E-state index contributed by atoms with van der Waals surface area (Å²) in [4.78, 5) is 20.9. The smallest absolute Gasteiger partial charge is 0.298 e. The van der Waals surface area contributed by atoms with Gasteiger partial charge in [-0.15, -0.1) is 24.8 Å². The van der Waals surface area contributed by atoms with Gasteiger partial charge in [-0.2, -0.15) is 4.98 Å². The summed E-state index contributed by atoms with van der Waals surface area (Å²) in [7, 11) is 0. The van der Waals surface area contributed by atoms with Gasteiger partial charge >= 0.3 is 0 Å². The number of rotatable bonds is 7. The first-order valence-corrected chi connectivity index (χ1v) is 8.86. The summed E-state index contributed by atoms with van der Waals surface area (Å²) in [5, 5.41) is 0. The molecule has 2 heterocycles. The van der Waals surface area contributed by atoms with Crippen LogP contribution in [0.4, 0.5) is 6.01 Å². The molecule has 0 atom stereocenters. The van der Waals surface area contributed by atoms with Crippen molar-refractivity contribution in [2.24, 2.45) is 5.73 Å². The molecular formula is C18H28Cl2N4O2. The molecule has 26 heavy (non-hydrogen) atoms.